The van der Waals surface area contributed by atoms with Gasteiger partial charge in [-0.15, -0.1) is 0 Å². The first-order chi connectivity index (χ1) is 6.04. The third-order valence-corrected chi connectivity index (χ3v) is 2.11. The normalized spacial score (nSPS) is 13.4. The average Bonchev–Trinajstić information content (AvgIpc) is 2.11. The van der Waals surface area contributed by atoms with Gasteiger partial charge in [-0.05, 0) is 24.6 Å². The molecule has 0 fully saturated rings. The van der Waals surface area contributed by atoms with Crippen molar-refractivity contribution in [1.82, 2.24) is 4.90 Å². The monoisotopic (exact) mass is 180 g/mol. The number of aliphatic imine (C=N–C) groups is 1. The Hall–Kier alpha value is -1.05. The van der Waals surface area contributed by atoms with E-state index in [0.29, 0.717) is 5.92 Å². The molecule has 0 atom stereocenters. The first-order valence-corrected chi connectivity index (χ1v) is 4.52. The molecule has 0 radical (unpaired) electrons. The Kier molecular flexibility index (Phi) is 5.12. The number of rotatable bonds is 4. The second-order valence-corrected chi connectivity index (χ2v) is 3.38. The van der Waals surface area contributed by atoms with Crippen molar-refractivity contribution in [3.63, 3.8) is 0 Å². The van der Waals surface area contributed by atoms with Crippen LogP contribution in [0.3, 0.4) is 0 Å². The van der Waals surface area contributed by atoms with Crippen molar-refractivity contribution in [2.24, 2.45) is 10.9 Å². The highest BCUT2D eigenvalue weighted by Crippen LogP contribution is 2.15. The predicted molar refractivity (Wildman–Crippen MR) is 59.9 cm³/mol. The third kappa shape index (κ3) is 3.45. The molecule has 0 aliphatic rings. The molecule has 0 unspecified atom stereocenters. The summed E-state index contributed by atoms with van der Waals surface area (Å²) in [6, 6.07) is 0. The van der Waals surface area contributed by atoms with E-state index < -0.39 is 0 Å². The highest BCUT2D eigenvalue weighted by atomic mass is 15.1. The third-order valence-electron chi connectivity index (χ3n) is 2.11. The summed E-state index contributed by atoms with van der Waals surface area (Å²) < 4.78 is 0. The molecule has 0 aliphatic carbocycles. The van der Waals surface area contributed by atoms with Gasteiger partial charge in [0.05, 0.1) is 0 Å². The zero-order valence-corrected chi connectivity index (χ0v) is 9.33. The Morgan fingerprint density at radius 1 is 1.46 bits per heavy atom. The van der Waals surface area contributed by atoms with Crippen LogP contribution in [0, 0.1) is 5.92 Å². The zero-order chi connectivity index (χ0) is 10.4. The van der Waals surface area contributed by atoms with E-state index in [0.717, 1.165) is 0 Å². The van der Waals surface area contributed by atoms with E-state index in [-0.39, 0.29) is 0 Å². The van der Waals surface area contributed by atoms with Gasteiger partial charge in [-0.2, -0.15) is 0 Å². The minimum Gasteiger partial charge on any atom is -0.355 e. The molecule has 0 N–H and O–H groups in total. The van der Waals surface area contributed by atoms with E-state index in [1.165, 1.54) is 11.3 Å². The van der Waals surface area contributed by atoms with Crippen molar-refractivity contribution >= 4 is 6.21 Å². The highest BCUT2D eigenvalue weighted by Gasteiger charge is 2.06. The summed E-state index contributed by atoms with van der Waals surface area (Å²) in [5.74, 6) is 0.492. The maximum Gasteiger partial charge on any atom is 0.0277 e. The standard InChI is InChI=1S/C11H20N2/c1-7-13(6)10(4)11(8-12-5)9(2)3/h7-9H,1H2,2-6H3/b11-10+,12-8?. The van der Waals surface area contributed by atoms with Crippen LogP contribution in [0.1, 0.15) is 20.8 Å². The van der Waals surface area contributed by atoms with Gasteiger partial charge in [-0.25, -0.2) is 0 Å². The summed E-state index contributed by atoms with van der Waals surface area (Å²) >= 11 is 0. The lowest BCUT2D eigenvalue weighted by Gasteiger charge is -2.19. The van der Waals surface area contributed by atoms with Crippen molar-refractivity contribution in [2.75, 3.05) is 14.1 Å². The molecule has 0 heterocycles. The Bertz CT molecular complexity index is 224. The van der Waals surface area contributed by atoms with Gasteiger partial charge >= 0.3 is 0 Å². The molecule has 74 valence electrons. The lowest BCUT2D eigenvalue weighted by Crippen LogP contribution is -2.13. The Balaban J connectivity index is 4.95. The number of hydrogen-bond donors (Lipinski definition) is 0. The Morgan fingerprint density at radius 3 is 2.31 bits per heavy atom. The number of hydrogen-bond acceptors (Lipinski definition) is 2. The summed E-state index contributed by atoms with van der Waals surface area (Å²) in [5.41, 5.74) is 2.46. The van der Waals surface area contributed by atoms with Gasteiger partial charge in [0.25, 0.3) is 0 Å². The Labute approximate surface area is 81.7 Å². The molecule has 0 rings (SSSR count). The van der Waals surface area contributed by atoms with Crippen LogP contribution >= 0.6 is 0 Å². The van der Waals surface area contributed by atoms with Crippen molar-refractivity contribution < 1.29 is 0 Å². The van der Waals surface area contributed by atoms with Gasteiger partial charge in [-0.3, -0.25) is 4.99 Å². The highest BCUT2D eigenvalue weighted by molar-refractivity contribution is 5.79. The summed E-state index contributed by atoms with van der Waals surface area (Å²) in [5, 5.41) is 0. The molecule has 2 heteroatoms. The van der Waals surface area contributed by atoms with Crippen LogP contribution in [-0.2, 0) is 0 Å². The average molecular weight is 180 g/mol. The summed E-state index contributed by atoms with van der Waals surface area (Å²) in [4.78, 5) is 6.06. The molecule has 0 aromatic rings. The molecule has 0 aromatic carbocycles. The van der Waals surface area contributed by atoms with E-state index in [2.05, 4.69) is 32.3 Å². The lowest BCUT2D eigenvalue weighted by molar-refractivity contribution is 0.555. The molecule has 0 saturated heterocycles. The first kappa shape index (κ1) is 11.9. The lowest BCUT2D eigenvalue weighted by atomic mass is 10.0. The zero-order valence-electron chi connectivity index (χ0n) is 9.33. The summed E-state index contributed by atoms with van der Waals surface area (Å²) in [6.45, 7) is 10.1. The van der Waals surface area contributed by atoms with Gasteiger partial charge < -0.3 is 4.90 Å². The fourth-order valence-corrected chi connectivity index (χ4v) is 1.14. The molecule has 0 aliphatic heterocycles. The largest absolute Gasteiger partial charge is 0.355 e. The smallest absolute Gasteiger partial charge is 0.0277 e. The second-order valence-electron chi connectivity index (χ2n) is 3.38. The first-order valence-electron chi connectivity index (χ1n) is 4.52. The van der Waals surface area contributed by atoms with E-state index >= 15 is 0 Å². The molecule has 0 bridgehead atoms. The Morgan fingerprint density at radius 2 is 2.00 bits per heavy atom. The molecule has 0 spiro atoms. The maximum absolute atomic E-state index is 4.05. The van der Waals surface area contributed by atoms with Crippen molar-refractivity contribution in [2.45, 2.75) is 20.8 Å². The molecule has 0 amide bonds. The summed E-state index contributed by atoms with van der Waals surface area (Å²) in [7, 11) is 3.79. The quantitative estimate of drug-likeness (QED) is 0.607. The molecule has 0 aromatic heterocycles. The fraction of sp³-hybridized carbons (Fsp3) is 0.545. The SMILES string of the molecule is C=CN(C)/C(C)=C(\C=NC)C(C)C. The van der Waals surface area contributed by atoms with Crippen molar-refractivity contribution in [1.29, 1.82) is 0 Å². The minimum absolute atomic E-state index is 0.492. The molecule has 0 saturated carbocycles. The molecular formula is C11H20N2. The van der Waals surface area contributed by atoms with Gasteiger partial charge in [0, 0.05) is 26.0 Å². The van der Waals surface area contributed by atoms with Crippen molar-refractivity contribution in [3.8, 4) is 0 Å². The van der Waals surface area contributed by atoms with Crippen molar-refractivity contribution in [3.05, 3.63) is 24.0 Å². The number of allylic oxidation sites excluding steroid dienone is 2. The van der Waals surface area contributed by atoms with E-state index in [1.807, 2.05) is 18.2 Å². The van der Waals surface area contributed by atoms with Crippen LogP contribution in [-0.4, -0.2) is 25.2 Å². The van der Waals surface area contributed by atoms with Crippen LogP contribution < -0.4 is 0 Å². The molecule has 2 nitrogen and oxygen atoms in total. The van der Waals surface area contributed by atoms with Crippen LogP contribution in [0.2, 0.25) is 0 Å². The fourth-order valence-electron chi connectivity index (χ4n) is 1.14. The van der Waals surface area contributed by atoms with Crippen LogP contribution in [0.25, 0.3) is 0 Å². The second kappa shape index (κ2) is 5.57. The van der Waals surface area contributed by atoms with E-state index in [1.54, 1.807) is 13.2 Å². The van der Waals surface area contributed by atoms with Gasteiger partial charge in [-0.1, -0.05) is 20.4 Å². The summed E-state index contributed by atoms with van der Waals surface area (Å²) in [6.07, 6.45) is 3.72. The minimum atomic E-state index is 0.492. The maximum atomic E-state index is 4.05. The van der Waals surface area contributed by atoms with Gasteiger partial charge in [0.1, 0.15) is 0 Å². The van der Waals surface area contributed by atoms with Crippen LogP contribution in [0.4, 0.5) is 0 Å². The van der Waals surface area contributed by atoms with E-state index in [9.17, 15) is 0 Å². The van der Waals surface area contributed by atoms with E-state index in [4.69, 9.17) is 0 Å². The molecule has 13 heavy (non-hydrogen) atoms. The van der Waals surface area contributed by atoms with Gasteiger partial charge in [0.15, 0.2) is 0 Å². The predicted octanol–water partition coefficient (Wildman–Crippen LogP) is 2.69. The van der Waals surface area contributed by atoms with Gasteiger partial charge in [0.2, 0.25) is 0 Å². The topological polar surface area (TPSA) is 15.6 Å². The van der Waals surface area contributed by atoms with Crippen LogP contribution in [0.5, 0.6) is 0 Å². The number of nitrogens with zero attached hydrogens (tertiary/aromatic N) is 2. The van der Waals surface area contributed by atoms with Crippen LogP contribution in [0.15, 0.2) is 29.0 Å². The molecular weight excluding hydrogens is 160 g/mol.